The van der Waals surface area contributed by atoms with E-state index in [9.17, 15) is 0 Å². The van der Waals surface area contributed by atoms with Gasteiger partial charge >= 0.3 is 0 Å². The number of halogens is 1. The molecule has 0 spiro atoms. The molecule has 16 heavy (non-hydrogen) atoms. The zero-order valence-electron chi connectivity index (χ0n) is 10.3. The van der Waals surface area contributed by atoms with Crippen molar-refractivity contribution in [1.82, 2.24) is 19.9 Å². The summed E-state index contributed by atoms with van der Waals surface area (Å²) in [4.78, 5) is 14.7. The molecule has 90 valence electrons. The molecule has 0 unspecified atom stereocenters. The lowest BCUT2D eigenvalue weighted by molar-refractivity contribution is 0.176. The van der Waals surface area contributed by atoms with Gasteiger partial charge in [-0.05, 0) is 43.6 Å². The van der Waals surface area contributed by atoms with Crippen LogP contribution in [0.2, 0.25) is 0 Å². The second-order valence-electron chi connectivity index (χ2n) is 4.35. The van der Waals surface area contributed by atoms with Gasteiger partial charge in [0.1, 0.15) is 12.2 Å². The van der Waals surface area contributed by atoms with Gasteiger partial charge in [0.15, 0.2) is 4.73 Å². The van der Waals surface area contributed by atoms with Gasteiger partial charge in [0, 0.05) is 25.0 Å². The second-order valence-corrected chi connectivity index (χ2v) is 5.06. The van der Waals surface area contributed by atoms with Crippen LogP contribution >= 0.6 is 15.9 Å². The summed E-state index contributed by atoms with van der Waals surface area (Å²) in [5.41, 5.74) is 0. The van der Waals surface area contributed by atoms with Gasteiger partial charge in [-0.2, -0.15) is 0 Å². The number of hydrogen-bond acceptors (Lipinski definition) is 4. The minimum Gasteiger partial charge on any atom is -0.298 e. The molecule has 0 atom stereocenters. The molecule has 0 aliphatic heterocycles. The summed E-state index contributed by atoms with van der Waals surface area (Å²) in [7, 11) is 0. The van der Waals surface area contributed by atoms with E-state index in [1.165, 1.54) is 0 Å². The molecular weight excluding hydrogens is 268 g/mol. The van der Waals surface area contributed by atoms with Crippen LogP contribution in [-0.4, -0.2) is 38.5 Å². The summed E-state index contributed by atoms with van der Waals surface area (Å²) in [5, 5.41) is 0. The summed E-state index contributed by atoms with van der Waals surface area (Å²) < 4.78 is 0.609. The molecule has 0 bridgehead atoms. The van der Waals surface area contributed by atoms with Crippen LogP contribution in [0.5, 0.6) is 0 Å². The van der Waals surface area contributed by atoms with Gasteiger partial charge in [-0.15, -0.1) is 0 Å². The minimum absolute atomic E-state index is 0.547. The second kappa shape index (κ2) is 6.25. The van der Waals surface area contributed by atoms with Gasteiger partial charge in [-0.25, -0.2) is 15.0 Å². The van der Waals surface area contributed by atoms with E-state index in [1.807, 2.05) is 0 Å². The van der Waals surface area contributed by atoms with Crippen LogP contribution in [0.3, 0.4) is 0 Å². The molecule has 0 aliphatic rings. The van der Waals surface area contributed by atoms with Crippen molar-refractivity contribution in [3.05, 3.63) is 16.9 Å². The van der Waals surface area contributed by atoms with Crippen molar-refractivity contribution in [1.29, 1.82) is 0 Å². The highest BCUT2D eigenvalue weighted by atomic mass is 79.9. The van der Waals surface area contributed by atoms with E-state index in [-0.39, 0.29) is 0 Å². The number of nitrogens with zero attached hydrogens (tertiary/aromatic N) is 4. The van der Waals surface area contributed by atoms with Crippen LogP contribution in [0, 0.1) is 0 Å². The van der Waals surface area contributed by atoms with Gasteiger partial charge < -0.3 is 0 Å². The number of aromatic nitrogens is 3. The Balaban J connectivity index is 2.55. The van der Waals surface area contributed by atoms with Crippen molar-refractivity contribution in [2.75, 3.05) is 6.54 Å². The Kier molecular flexibility index (Phi) is 5.28. The molecular formula is C11H19BrN4. The summed E-state index contributed by atoms with van der Waals surface area (Å²) in [6, 6.07) is 1.09. The van der Waals surface area contributed by atoms with Gasteiger partial charge in [0.05, 0.1) is 0 Å². The summed E-state index contributed by atoms with van der Waals surface area (Å²) in [5.74, 6) is 0.841. The summed E-state index contributed by atoms with van der Waals surface area (Å²) >= 11 is 3.25. The Morgan fingerprint density at radius 2 is 1.81 bits per heavy atom. The van der Waals surface area contributed by atoms with E-state index in [0.717, 1.165) is 18.8 Å². The predicted octanol–water partition coefficient (Wildman–Crippen LogP) is 2.30. The van der Waals surface area contributed by atoms with E-state index < -0.39 is 0 Å². The van der Waals surface area contributed by atoms with E-state index >= 15 is 0 Å². The topological polar surface area (TPSA) is 41.9 Å². The van der Waals surface area contributed by atoms with Crippen molar-refractivity contribution in [3.63, 3.8) is 0 Å². The third-order valence-corrected chi connectivity index (χ3v) is 2.89. The zero-order valence-corrected chi connectivity index (χ0v) is 11.9. The maximum Gasteiger partial charge on any atom is 0.199 e. The van der Waals surface area contributed by atoms with Gasteiger partial charge in [-0.1, -0.05) is 0 Å². The van der Waals surface area contributed by atoms with Gasteiger partial charge in [0.2, 0.25) is 0 Å². The van der Waals surface area contributed by atoms with Crippen LogP contribution in [0.1, 0.15) is 33.5 Å². The van der Waals surface area contributed by atoms with Crippen molar-refractivity contribution in [2.24, 2.45) is 0 Å². The normalized spacial score (nSPS) is 11.8. The van der Waals surface area contributed by atoms with Crippen LogP contribution in [0.25, 0.3) is 0 Å². The summed E-state index contributed by atoms with van der Waals surface area (Å²) in [6.07, 6.45) is 2.40. The Labute approximate surface area is 106 Å². The molecule has 0 radical (unpaired) electrons. The first-order valence-corrected chi connectivity index (χ1v) is 6.39. The molecule has 5 heteroatoms. The number of rotatable bonds is 5. The van der Waals surface area contributed by atoms with E-state index in [0.29, 0.717) is 16.8 Å². The van der Waals surface area contributed by atoms with Crippen molar-refractivity contribution >= 4 is 15.9 Å². The van der Waals surface area contributed by atoms with E-state index in [4.69, 9.17) is 0 Å². The fraction of sp³-hybridized carbons (Fsp3) is 0.727. The highest BCUT2D eigenvalue weighted by Gasteiger charge is 2.13. The average molecular weight is 287 g/mol. The molecule has 1 heterocycles. The molecule has 0 N–H and O–H groups in total. The molecule has 0 amide bonds. The fourth-order valence-corrected chi connectivity index (χ4v) is 2.07. The summed E-state index contributed by atoms with van der Waals surface area (Å²) in [6.45, 7) is 9.82. The van der Waals surface area contributed by atoms with Crippen LogP contribution in [0.4, 0.5) is 0 Å². The van der Waals surface area contributed by atoms with E-state index in [1.54, 1.807) is 6.33 Å². The maximum atomic E-state index is 4.23. The molecule has 0 aromatic carbocycles. The molecule has 0 saturated carbocycles. The lowest BCUT2D eigenvalue weighted by atomic mass is 10.2. The lowest BCUT2D eigenvalue weighted by Crippen LogP contribution is -2.38. The van der Waals surface area contributed by atoms with Crippen molar-refractivity contribution in [2.45, 2.75) is 46.2 Å². The third-order valence-electron chi connectivity index (χ3n) is 2.51. The molecule has 0 saturated heterocycles. The SMILES string of the molecule is CC(C)N(CCc1ncnc(Br)n1)C(C)C. The van der Waals surface area contributed by atoms with Crippen LogP contribution in [-0.2, 0) is 6.42 Å². The first-order chi connectivity index (χ1) is 7.50. The largest absolute Gasteiger partial charge is 0.298 e. The minimum atomic E-state index is 0.547. The average Bonchev–Trinajstić information content (AvgIpc) is 2.16. The third kappa shape index (κ3) is 4.14. The maximum absolute atomic E-state index is 4.23. The Hall–Kier alpha value is -0.550. The molecule has 1 aromatic heterocycles. The van der Waals surface area contributed by atoms with Crippen LogP contribution < -0.4 is 0 Å². The lowest BCUT2D eigenvalue weighted by Gasteiger charge is -2.30. The van der Waals surface area contributed by atoms with Gasteiger partial charge in [-0.3, -0.25) is 4.90 Å². The molecule has 1 aromatic rings. The standard InChI is InChI=1S/C11H19BrN4/c1-8(2)16(9(3)4)6-5-10-13-7-14-11(12)15-10/h7-9H,5-6H2,1-4H3. The van der Waals surface area contributed by atoms with Crippen molar-refractivity contribution < 1.29 is 0 Å². The van der Waals surface area contributed by atoms with Gasteiger partial charge in [0.25, 0.3) is 0 Å². The molecule has 4 nitrogen and oxygen atoms in total. The van der Waals surface area contributed by atoms with Crippen molar-refractivity contribution in [3.8, 4) is 0 Å². The first kappa shape index (κ1) is 13.5. The Morgan fingerprint density at radius 3 is 2.31 bits per heavy atom. The molecule has 0 aliphatic carbocycles. The zero-order chi connectivity index (χ0) is 12.1. The molecule has 0 fully saturated rings. The van der Waals surface area contributed by atoms with Crippen LogP contribution in [0.15, 0.2) is 11.1 Å². The Bertz CT molecular complexity index is 320. The monoisotopic (exact) mass is 286 g/mol. The first-order valence-electron chi connectivity index (χ1n) is 5.60. The van der Waals surface area contributed by atoms with E-state index in [2.05, 4.69) is 63.5 Å². The smallest absolute Gasteiger partial charge is 0.199 e. The highest BCUT2D eigenvalue weighted by Crippen LogP contribution is 2.07. The predicted molar refractivity (Wildman–Crippen MR) is 68.2 cm³/mol. The number of hydrogen-bond donors (Lipinski definition) is 0. The quantitative estimate of drug-likeness (QED) is 0.833. The fourth-order valence-electron chi connectivity index (χ4n) is 1.77. The Morgan fingerprint density at radius 1 is 1.19 bits per heavy atom. The highest BCUT2D eigenvalue weighted by molar-refractivity contribution is 9.10. The molecule has 1 rings (SSSR count).